The summed E-state index contributed by atoms with van der Waals surface area (Å²) in [4.78, 5) is 11.7. The lowest BCUT2D eigenvalue weighted by Crippen LogP contribution is -2.35. The number of benzene rings is 1. The normalized spacial score (nSPS) is 11.6. The Hall–Kier alpha value is -0.480. The Morgan fingerprint density at radius 2 is 2.05 bits per heavy atom. The van der Waals surface area contributed by atoms with Gasteiger partial charge in [-0.15, -0.1) is 12.4 Å². The van der Waals surface area contributed by atoms with Crippen LogP contribution >= 0.6 is 35.6 Å². The molecule has 1 aromatic rings. The summed E-state index contributed by atoms with van der Waals surface area (Å²) in [6.07, 6.45) is 0.702. The quantitative estimate of drug-likeness (QED) is 0.844. The van der Waals surface area contributed by atoms with Crippen LogP contribution in [0.3, 0.4) is 0 Å². The van der Waals surface area contributed by atoms with Crippen LogP contribution in [0.25, 0.3) is 0 Å². The molecule has 0 aliphatic rings. The monoisotopic (exact) mass is 324 g/mol. The van der Waals surface area contributed by atoms with Crippen LogP contribution in [0.1, 0.15) is 12.5 Å². The van der Waals surface area contributed by atoms with Crippen molar-refractivity contribution in [3.8, 4) is 0 Å². The molecule has 0 radical (unpaired) electrons. The van der Waals surface area contributed by atoms with Gasteiger partial charge < -0.3 is 10.6 Å². The van der Waals surface area contributed by atoms with E-state index in [1.54, 1.807) is 12.1 Å². The fraction of sp³-hybridized carbons (Fsp3) is 0.462. The van der Waals surface area contributed by atoms with E-state index in [-0.39, 0.29) is 24.2 Å². The molecule has 3 nitrogen and oxygen atoms in total. The summed E-state index contributed by atoms with van der Waals surface area (Å²) < 4.78 is 0. The van der Waals surface area contributed by atoms with E-state index >= 15 is 0 Å². The molecular formula is C13H19Cl3N2O. The smallest absolute Gasteiger partial charge is 0.224 e. The number of carbonyl (C=O) groups excluding carboxylic acids is 1. The molecule has 0 heterocycles. The second-order valence-corrected chi connectivity index (χ2v) is 5.08. The van der Waals surface area contributed by atoms with Gasteiger partial charge >= 0.3 is 0 Å². The molecule has 108 valence electrons. The Morgan fingerprint density at radius 3 is 2.63 bits per heavy atom. The number of hydrogen-bond donors (Lipinski definition) is 2. The predicted octanol–water partition coefficient (Wildman–Crippen LogP) is 2.93. The SMILES string of the molecule is CNCC(C)C(=O)NCCc1ccc(Cl)cc1Cl.Cl. The van der Waals surface area contributed by atoms with Crippen molar-refractivity contribution in [3.05, 3.63) is 33.8 Å². The third-order valence-electron chi connectivity index (χ3n) is 2.67. The second-order valence-electron chi connectivity index (χ2n) is 4.24. The summed E-state index contributed by atoms with van der Waals surface area (Å²) in [5, 5.41) is 7.12. The van der Waals surface area contributed by atoms with Crippen molar-refractivity contribution in [3.63, 3.8) is 0 Å². The van der Waals surface area contributed by atoms with E-state index < -0.39 is 0 Å². The summed E-state index contributed by atoms with van der Waals surface area (Å²) in [5.74, 6) is 0.0186. The molecule has 2 N–H and O–H groups in total. The van der Waals surface area contributed by atoms with Crippen molar-refractivity contribution < 1.29 is 4.79 Å². The third kappa shape index (κ3) is 6.48. The number of rotatable bonds is 6. The van der Waals surface area contributed by atoms with E-state index in [9.17, 15) is 4.79 Å². The molecule has 0 bridgehead atoms. The molecular weight excluding hydrogens is 307 g/mol. The largest absolute Gasteiger partial charge is 0.355 e. The lowest BCUT2D eigenvalue weighted by molar-refractivity contribution is -0.124. The van der Waals surface area contributed by atoms with Gasteiger partial charge in [0.05, 0.1) is 0 Å². The first kappa shape index (κ1) is 18.5. The summed E-state index contributed by atoms with van der Waals surface area (Å²) >= 11 is 11.9. The molecule has 0 aromatic heterocycles. The molecule has 6 heteroatoms. The molecule has 0 spiro atoms. The number of nitrogens with one attached hydrogen (secondary N) is 2. The number of amides is 1. The standard InChI is InChI=1S/C13H18Cl2N2O.ClH/c1-9(8-16-2)13(18)17-6-5-10-3-4-11(14)7-12(10)15;/h3-4,7,9,16H,5-6,8H2,1-2H3,(H,17,18);1H. The lowest BCUT2D eigenvalue weighted by atomic mass is 10.1. The van der Waals surface area contributed by atoms with Gasteiger partial charge in [0.2, 0.25) is 5.91 Å². The van der Waals surface area contributed by atoms with Crippen molar-refractivity contribution in [1.29, 1.82) is 0 Å². The average Bonchev–Trinajstić information content (AvgIpc) is 2.32. The summed E-state index contributed by atoms with van der Waals surface area (Å²) in [6, 6.07) is 5.39. The highest BCUT2D eigenvalue weighted by Crippen LogP contribution is 2.21. The van der Waals surface area contributed by atoms with Crippen LogP contribution in [0.2, 0.25) is 10.0 Å². The zero-order chi connectivity index (χ0) is 13.5. The van der Waals surface area contributed by atoms with Crippen LogP contribution in [0, 0.1) is 5.92 Å². The van der Waals surface area contributed by atoms with Crippen LogP contribution < -0.4 is 10.6 Å². The highest BCUT2D eigenvalue weighted by molar-refractivity contribution is 6.35. The van der Waals surface area contributed by atoms with Crippen molar-refractivity contribution >= 4 is 41.5 Å². The predicted molar refractivity (Wildman–Crippen MR) is 83.5 cm³/mol. The molecule has 1 amide bonds. The van der Waals surface area contributed by atoms with Gasteiger partial charge in [0.25, 0.3) is 0 Å². The first-order valence-corrected chi connectivity index (χ1v) is 6.66. The van der Waals surface area contributed by atoms with E-state index in [0.29, 0.717) is 29.6 Å². The zero-order valence-corrected chi connectivity index (χ0v) is 13.3. The summed E-state index contributed by atoms with van der Waals surface area (Å²) in [5.41, 5.74) is 0.989. The van der Waals surface area contributed by atoms with E-state index in [2.05, 4.69) is 10.6 Å². The Bertz CT molecular complexity index is 413. The van der Waals surface area contributed by atoms with Gasteiger partial charge in [0.15, 0.2) is 0 Å². The summed E-state index contributed by atoms with van der Waals surface area (Å²) in [7, 11) is 1.83. The minimum absolute atomic E-state index is 0. The minimum atomic E-state index is -0.0318. The van der Waals surface area contributed by atoms with Gasteiger partial charge in [-0.2, -0.15) is 0 Å². The molecule has 1 atom stereocenters. The molecule has 1 unspecified atom stereocenters. The second kappa shape index (κ2) is 9.43. The molecule has 1 rings (SSSR count). The van der Waals surface area contributed by atoms with Gasteiger partial charge in [0, 0.05) is 29.1 Å². The Kier molecular flexibility index (Phi) is 9.19. The highest BCUT2D eigenvalue weighted by atomic mass is 35.5. The zero-order valence-electron chi connectivity index (χ0n) is 11.0. The van der Waals surface area contributed by atoms with Crippen molar-refractivity contribution in [2.45, 2.75) is 13.3 Å². The molecule has 1 aromatic carbocycles. The van der Waals surface area contributed by atoms with E-state index in [4.69, 9.17) is 23.2 Å². The Balaban J connectivity index is 0.00000324. The van der Waals surface area contributed by atoms with Crippen LogP contribution in [0.4, 0.5) is 0 Å². The van der Waals surface area contributed by atoms with E-state index in [0.717, 1.165) is 5.56 Å². The lowest BCUT2D eigenvalue weighted by Gasteiger charge is -2.12. The number of hydrogen-bond acceptors (Lipinski definition) is 2. The molecule has 0 saturated heterocycles. The fourth-order valence-electron chi connectivity index (χ4n) is 1.62. The van der Waals surface area contributed by atoms with Crippen molar-refractivity contribution in [1.82, 2.24) is 10.6 Å². The van der Waals surface area contributed by atoms with E-state index in [1.165, 1.54) is 0 Å². The molecule has 0 aliphatic carbocycles. The molecule has 0 saturated carbocycles. The van der Waals surface area contributed by atoms with Gasteiger partial charge in [0.1, 0.15) is 0 Å². The third-order valence-corrected chi connectivity index (χ3v) is 3.25. The topological polar surface area (TPSA) is 41.1 Å². The van der Waals surface area contributed by atoms with E-state index in [1.807, 2.05) is 20.0 Å². The highest BCUT2D eigenvalue weighted by Gasteiger charge is 2.11. The Morgan fingerprint density at radius 1 is 1.37 bits per heavy atom. The summed E-state index contributed by atoms with van der Waals surface area (Å²) in [6.45, 7) is 3.14. The molecule has 0 aliphatic heterocycles. The molecule has 19 heavy (non-hydrogen) atoms. The first-order valence-electron chi connectivity index (χ1n) is 5.91. The number of carbonyl (C=O) groups is 1. The van der Waals surface area contributed by atoms with Gasteiger partial charge in [-0.3, -0.25) is 4.79 Å². The van der Waals surface area contributed by atoms with Crippen LogP contribution in [-0.2, 0) is 11.2 Å². The van der Waals surface area contributed by atoms with Crippen LogP contribution in [0.5, 0.6) is 0 Å². The van der Waals surface area contributed by atoms with Gasteiger partial charge in [-0.25, -0.2) is 0 Å². The van der Waals surface area contributed by atoms with Crippen LogP contribution in [-0.4, -0.2) is 26.0 Å². The van der Waals surface area contributed by atoms with Gasteiger partial charge in [-0.1, -0.05) is 36.2 Å². The number of halogens is 3. The minimum Gasteiger partial charge on any atom is -0.355 e. The fourth-order valence-corrected chi connectivity index (χ4v) is 2.12. The average molecular weight is 326 g/mol. The Labute approximate surface area is 130 Å². The van der Waals surface area contributed by atoms with Crippen molar-refractivity contribution in [2.24, 2.45) is 5.92 Å². The maximum absolute atomic E-state index is 11.7. The maximum atomic E-state index is 11.7. The molecule has 0 fully saturated rings. The van der Waals surface area contributed by atoms with Gasteiger partial charge in [-0.05, 0) is 31.2 Å². The van der Waals surface area contributed by atoms with Crippen LogP contribution in [0.15, 0.2) is 18.2 Å². The maximum Gasteiger partial charge on any atom is 0.224 e. The first-order chi connectivity index (χ1) is 8.54. The van der Waals surface area contributed by atoms with Crippen molar-refractivity contribution in [2.75, 3.05) is 20.1 Å².